The molecule has 1 aromatic carbocycles. The molecule has 29 heavy (non-hydrogen) atoms. The van der Waals surface area contributed by atoms with E-state index in [9.17, 15) is 9.59 Å². The lowest BCUT2D eigenvalue weighted by atomic mass is 10.2. The number of carbonyl (C=O) groups is 2. The molecular formula is C20H27ClN4O4. The third kappa shape index (κ3) is 5.13. The predicted molar refractivity (Wildman–Crippen MR) is 113 cm³/mol. The number of rotatable bonds is 6. The minimum absolute atomic E-state index is 0.0272. The van der Waals surface area contributed by atoms with Gasteiger partial charge in [0.15, 0.2) is 0 Å². The highest BCUT2D eigenvalue weighted by atomic mass is 35.5. The third-order valence-electron chi connectivity index (χ3n) is 5.17. The van der Waals surface area contributed by atoms with Crippen molar-refractivity contribution >= 4 is 34.8 Å². The normalized spacial score (nSPS) is 17.1. The van der Waals surface area contributed by atoms with Crippen LogP contribution >= 0.6 is 11.6 Å². The summed E-state index contributed by atoms with van der Waals surface area (Å²) >= 11 is 6.44. The van der Waals surface area contributed by atoms with E-state index in [0.29, 0.717) is 55.9 Å². The number of ether oxygens (including phenoxy) is 2. The molecular weight excluding hydrogens is 396 g/mol. The second kappa shape index (κ2) is 9.84. The molecule has 2 amide bonds. The van der Waals surface area contributed by atoms with Crippen molar-refractivity contribution in [2.24, 2.45) is 0 Å². The highest BCUT2D eigenvalue weighted by Gasteiger charge is 2.23. The maximum absolute atomic E-state index is 12.6. The van der Waals surface area contributed by atoms with Gasteiger partial charge in [0.05, 0.1) is 43.3 Å². The van der Waals surface area contributed by atoms with Crippen LogP contribution in [0.25, 0.3) is 0 Å². The molecule has 0 radical (unpaired) electrons. The van der Waals surface area contributed by atoms with Crippen molar-refractivity contribution in [2.75, 3.05) is 76.4 Å². The zero-order chi connectivity index (χ0) is 20.8. The van der Waals surface area contributed by atoms with Crippen LogP contribution < -0.4 is 15.0 Å². The summed E-state index contributed by atoms with van der Waals surface area (Å²) in [6.07, 6.45) is 1.30. The molecule has 2 fully saturated rings. The Morgan fingerprint density at radius 2 is 1.83 bits per heavy atom. The van der Waals surface area contributed by atoms with Crippen molar-refractivity contribution in [1.82, 2.24) is 9.80 Å². The van der Waals surface area contributed by atoms with Crippen molar-refractivity contribution in [3.8, 4) is 5.75 Å². The van der Waals surface area contributed by atoms with Gasteiger partial charge < -0.3 is 29.5 Å². The Morgan fingerprint density at radius 3 is 2.45 bits per heavy atom. The fraction of sp³-hybridized carbons (Fsp3) is 0.500. The number of benzene rings is 1. The van der Waals surface area contributed by atoms with Crippen molar-refractivity contribution in [3.63, 3.8) is 0 Å². The standard InChI is InChI=1S/C20H27ClN4O4/c1-3-19(26)24-4-6-25(7-5-24)20(27)14-22-16-13-17(15(21)12-18(16)28-2)23-8-10-29-11-9-23/h3,12-13,22H,1,4-11,14H2,2H3. The van der Waals surface area contributed by atoms with Crippen molar-refractivity contribution < 1.29 is 19.1 Å². The number of nitrogens with zero attached hydrogens (tertiary/aromatic N) is 3. The Bertz CT molecular complexity index is 759. The lowest BCUT2D eigenvalue weighted by molar-refractivity contribution is -0.135. The Morgan fingerprint density at radius 1 is 1.17 bits per heavy atom. The van der Waals surface area contributed by atoms with Gasteiger partial charge in [-0.25, -0.2) is 0 Å². The summed E-state index contributed by atoms with van der Waals surface area (Å²) in [5, 5.41) is 3.78. The summed E-state index contributed by atoms with van der Waals surface area (Å²) in [5.74, 6) is 0.457. The summed E-state index contributed by atoms with van der Waals surface area (Å²) in [6.45, 7) is 8.53. The van der Waals surface area contributed by atoms with Crippen molar-refractivity contribution in [2.45, 2.75) is 0 Å². The van der Waals surface area contributed by atoms with Crippen LogP contribution in [-0.4, -0.2) is 87.8 Å². The quantitative estimate of drug-likeness (QED) is 0.699. The van der Waals surface area contributed by atoms with Crippen LogP contribution in [0.15, 0.2) is 24.8 Å². The minimum Gasteiger partial charge on any atom is -0.495 e. The Hall–Kier alpha value is -2.45. The molecule has 0 saturated carbocycles. The van der Waals surface area contributed by atoms with Crippen molar-refractivity contribution in [3.05, 3.63) is 29.8 Å². The van der Waals surface area contributed by atoms with Gasteiger partial charge in [-0.3, -0.25) is 9.59 Å². The van der Waals surface area contributed by atoms with E-state index in [1.54, 1.807) is 23.0 Å². The predicted octanol–water partition coefficient (Wildman–Crippen LogP) is 1.45. The van der Waals surface area contributed by atoms with Crippen molar-refractivity contribution in [1.29, 1.82) is 0 Å². The molecule has 9 heteroatoms. The molecule has 2 saturated heterocycles. The molecule has 8 nitrogen and oxygen atoms in total. The van der Waals surface area contributed by atoms with E-state index in [1.807, 2.05) is 6.07 Å². The lowest BCUT2D eigenvalue weighted by Gasteiger charge is -2.34. The van der Waals surface area contributed by atoms with Gasteiger partial charge in [0.2, 0.25) is 11.8 Å². The molecule has 158 valence electrons. The topological polar surface area (TPSA) is 74.4 Å². The lowest BCUT2D eigenvalue weighted by Crippen LogP contribution is -2.51. The first kappa shape index (κ1) is 21.3. The minimum atomic E-state index is -0.100. The van der Waals surface area contributed by atoms with E-state index in [1.165, 1.54) is 6.08 Å². The number of morpholine rings is 1. The summed E-state index contributed by atoms with van der Waals surface area (Å²) in [6, 6.07) is 3.68. The number of methoxy groups -OCH3 is 1. The van der Waals surface area contributed by atoms with Crippen LogP contribution in [0.2, 0.25) is 5.02 Å². The largest absolute Gasteiger partial charge is 0.495 e. The molecule has 1 aromatic rings. The molecule has 1 N–H and O–H groups in total. The molecule has 0 unspecified atom stereocenters. The molecule has 2 aliphatic rings. The van der Waals surface area contributed by atoms with E-state index < -0.39 is 0 Å². The summed E-state index contributed by atoms with van der Waals surface area (Å²) in [4.78, 5) is 29.9. The number of hydrogen-bond donors (Lipinski definition) is 1. The summed E-state index contributed by atoms with van der Waals surface area (Å²) in [7, 11) is 1.57. The van der Waals surface area contributed by atoms with E-state index >= 15 is 0 Å². The zero-order valence-corrected chi connectivity index (χ0v) is 17.4. The number of amides is 2. The van der Waals surface area contributed by atoms with E-state index in [2.05, 4.69) is 16.8 Å². The van der Waals surface area contributed by atoms with Gasteiger partial charge in [0.1, 0.15) is 5.75 Å². The third-order valence-corrected chi connectivity index (χ3v) is 5.47. The number of halogens is 1. The Kier molecular flexibility index (Phi) is 7.22. The molecule has 0 bridgehead atoms. The smallest absolute Gasteiger partial charge is 0.246 e. The first-order chi connectivity index (χ1) is 14.0. The maximum Gasteiger partial charge on any atom is 0.246 e. The first-order valence-electron chi connectivity index (χ1n) is 9.66. The molecule has 0 aromatic heterocycles. The van der Waals surface area contributed by atoms with Gasteiger partial charge in [-0.2, -0.15) is 0 Å². The average molecular weight is 423 g/mol. The molecule has 0 atom stereocenters. The molecule has 0 aliphatic carbocycles. The average Bonchev–Trinajstić information content (AvgIpc) is 2.77. The maximum atomic E-state index is 12.6. The van der Waals surface area contributed by atoms with Gasteiger partial charge in [-0.05, 0) is 12.1 Å². The van der Waals surface area contributed by atoms with Gasteiger partial charge in [0, 0.05) is 45.3 Å². The number of hydrogen-bond acceptors (Lipinski definition) is 6. The van der Waals surface area contributed by atoms with Crippen LogP contribution in [0.5, 0.6) is 5.75 Å². The number of nitrogens with one attached hydrogen (secondary N) is 1. The van der Waals surface area contributed by atoms with Crippen LogP contribution in [-0.2, 0) is 14.3 Å². The Balaban J connectivity index is 1.62. The summed E-state index contributed by atoms with van der Waals surface area (Å²) in [5.41, 5.74) is 1.61. The molecule has 0 spiro atoms. The van der Waals surface area contributed by atoms with E-state index in [4.69, 9.17) is 21.1 Å². The summed E-state index contributed by atoms with van der Waals surface area (Å²) < 4.78 is 10.8. The van der Waals surface area contributed by atoms with Crippen LogP contribution in [0.1, 0.15) is 0 Å². The number of carbonyl (C=O) groups excluding carboxylic acids is 2. The molecule has 3 rings (SSSR count). The number of anilines is 2. The van der Waals surface area contributed by atoms with Gasteiger partial charge >= 0.3 is 0 Å². The fourth-order valence-electron chi connectivity index (χ4n) is 3.49. The SMILES string of the molecule is C=CC(=O)N1CCN(C(=O)CNc2cc(N3CCOCC3)c(Cl)cc2OC)CC1. The number of piperazine rings is 1. The molecule has 2 aliphatic heterocycles. The second-order valence-corrected chi connectivity index (χ2v) is 7.27. The second-order valence-electron chi connectivity index (χ2n) is 6.87. The first-order valence-corrected chi connectivity index (χ1v) is 10.0. The fourth-order valence-corrected chi connectivity index (χ4v) is 3.76. The van der Waals surface area contributed by atoms with Gasteiger partial charge in [0.25, 0.3) is 0 Å². The van der Waals surface area contributed by atoms with Gasteiger partial charge in [-0.15, -0.1) is 0 Å². The van der Waals surface area contributed by atoms with Crippen LogP contribution in [0.4, 0.5) is 11.4 Å². The molecule has 2 heterocycles. The van der Waals surface area contributed by atoms with E-state index in [0.717, 1.165) is 18.8 Å². The van der Waals surface area contributed by atoms with E-state index in [-0.39, 0.29) is 18.4 Å². The highest BCUT2D eigenvalue weighted by molar-refractivity contribution is 6.33. The van der Waals surface area contributed by atoms with Gasteiger partial charge in [-0.1, -0.05) is 18.2 Å². The van der Waals surface area contributed by atoms with Crippen LogP contribution in [0, 0.1) is 0 Å². The monoisotopic (exact) mass is 422 g/mol. The zero-order valence-electron chi connectivity index (χ0n) is 16.7. The van der Waals surface area contributed by atoms with Crippen LogP contribution in [0.3, 0.4) is 0 Å². The Labute approximate surface area is 176 Å². The highest BCUT2D eigenvalue weighted by Crippen LogP contribution is 2.36.